The molecule has 158 valence electrons. The van der Waals surface area contributed by atoms with Crippen molar-refractivity contribution in [2.75, 3.05) is 25.4 Å². The Morgan fingerprint density at radius 3 is 2.45 bits per heavy atom. The minimum atomic E-state index is -3.31. The van der Waals surface area contributed by atoms with Gasteiger partial charge in [-0.1, -0.05) is 37.3 Å². The number of nitrogens with zero attached hydrogens (tertiary/aromatic N) is 1. The van der Waals surface area contributed by atoms with Gasteiger partial charge in [0.25, 0.3) is 5.91 Å². The summed E-state index contributed by atoms with van der Waals surface area (Å²) in [6, 6.07) is 9.87. The maximum Gasteiger partial charge on any atom is 0.335 e. The lowest BCUT2D eigenvalue weighted by Crippen LogP contribution is -2.50. The van der Waals surface area contributed by atoms with E-state index in [0.29, 0.717) is 17.7 Å². The first-order valence-electron chi connectivity index (χ1n) is 9.96. The van der Waals surface area contributed by atoms with Crippen molar-refractivity contribution in [3.8, 4) is 0 Å². The average molecular weight is 421 g/mol. The molecule has 0 unspecified atom stereocenters. The van der Waals surface area contributed by atoms with Gasteiger partial charge in [0.15, 0.2) is 0 Å². The predicted molar refractivity (Wildman–Crippen MR) is 110 cm³/mol. The van der Waals surface area contributed by atoms with Gasteiger partial charge in [-0.05, 0) is 25.3 Å². The maximum atomic E-state index is 13.0. The molecule has 2 heterocycles. The summed E-state index contributed by atoms with van der Waals surface area (Å²) in [5, 5.41) is 2.94. The van der Waals surface area contributed by atoms with Crippen LogP contribution in [0.5, 0.6) is 0 Å². The van der Waals surface area contributed by atoms with Crippen LogP contribution in [0.1, 0.15) is 45.1 Å². The fraction of sp³-hybridized carbons (Fsp3) is 0.524. The molecule has 1 aromatic rings. The van der Waals surface area contributed by atoms with Gasteiger partial charge in [0.1, 0.15) is 5.60 Å². The topological polar surface area (TPSA) is 92.8 Å². The molecule has 8 heteroatoms. The van der Waals surface area contributed by atoms with Crippen LogP contribution in [0.15, 0.2) is 41.5 Å². The molecule has 0 saturated carbocycles. The number of hydrogen-bond acceptors (Lipinski definition) is 5. The lowest BCUT2D eigenvalue weighted by atomic mass is 9.83. The summed E-state index contributed by atoms with van der Waals surface area (Å²) in [4.78, 5) is 25.3. The Labute approximate surface area is 172 Å². The third-order valence-electron chi connectivity index (χ3n) is 5.88. The van der Waals surface area contributed by atoms with Gasteiger partial charge in [-0.2, -0.15) is 0 Å². The third-order valence-corrected chi connectivity index (χ3v) is 7.76. The molecule has 1 amide bonds. The van der Waals surface area contributed by atoms with Crippen LogP contribution < -0.4 is 5.32 Å². The number of sulfonamides is 1. The van der Waals surface area contributed by atoms with E-state index in [1.807, 2.05) is 37.3 Å². The standard InChI is InChI=1S/C21H28N2O5S/c1-4-29(26,27)23-12-10-21(11-13-23)18(16(3)20(25)28-21)19(24)22-14-15(2)17-8-6-5-7-9-17/h5-9,15H,4,10-14H2,1-3H3,(H,22,24)/t15-/m1/s1. The van der Waals surface area contributed by atoms with E-state index in [1.54, 1.807) is 13.8 Å². The molecule has 1 fully saturated rings. The minimum absolute atomic E-state index is 0.0272. The predicted octanol–water partition coefficient (Wildman–Crippen LogP) is 1.96. The van der Waals surface area contributed by atoms with Gasteiger partial charge >= 0.3 is 5.97 Å². The normalized spacial score (nSPS) is 20.6. The Bertz CT molecular complexity index is 916. The number of benzene rings is 1. The van der Waals surface area contributed by atoms with Crippen LogP contribution >= 0.6 is 0 Å². The monoisotopic (exact) mass is 420 g/mol. The van der Waals surface area contributed by atoms with Gasteiger partial charge in [0.2, 0.25) is 10.0 Å². The number of rotatable bonds is 6. The van der Waals surface area contributed by atoms with Crippen LogP contribution in [-0.4, -0.2) is 55.6 Å². The first-order chi connectivity index (χ1) is 13.7. The number of ether oxygens (including phenoxy) is 1. The Kier molecular flexibility index (Phi) is 6.14. The van der Waals surface area contributed by atoms with Crippen LogP contribution in [0.4, 0.5) is 0 Å². The van der Waals surface area contributed by atoms with Crippen molar-refractivity contribution in [3.05, 3.63) is 47.0 Å². The molecular weight excluding hydrogens is 392 g/mol. The van der Waals surface area contributed by atoms with Crippen LogP contribution in [0.3, 0.4) is 0 Å². The van der Waals surface area contributed by atoms with Gasteiger partial charge in [-0.25, -0.2) is 17.5 Å². The highest BCUT2D eigenvalue weighted by atomic mass is 32.2. The van der Waals surface area contributed by atoms with E-state index in [9.17, 15) is 18.0 Å². The van der Waals surface area contributed by atoms with E-state index in [2.05, 4.69) is 5.32 Å². The summed E-state index contributed by atoms with van der Waals surface area (Å²) in [5.41, 5.74) is 0.726. The molecule has 1 spiro atoms. The molecule has 0 aromatic heterocycles. The molecule has 3 rings (SSSR count). The van der Waals surface area contributed by atoms with Crippen molar-refractivity contribution < 1.29 is 22.7 Å². The highest BCUT2D eigenvalue weighted by molar-refractivity contribution is 7.89. The smallest absolute Gasteiger partial charge is 0.335 e. The Balaban J connectivity index is 1.73. The minimum Gasteiger partial charge on any atom is -0.450 e. The molecule has 0 bridgehead atoms. The van der Waals surface area contributed by atoms with Crippen molar-refractivity contribution in [2.45, 2.75) is 45.1 Å². The zero-order valence-electron chi connectivity index (χ0n) is 17.1. The largest absolute Gasteiger partial charge is 0.450 e. The second-order valence-corrected chi connectivity index (χ2v) is 9.96. The van der Waals surface area contributed by atoms with Crippen LogP contribution in [0.2, 0.25) is 0 Å². The molecule has 0 aliphatic carbocycles. The third kappa shape index (κ3) is 4.23. The van der Waals surface area contributed by atoms with Gasteiger partial charge in [-0.15, -0.1) is 0 Å². The van der Waals surface area contributed by atoms with Crippen LogP contribution in [0, 0.1) is 0 Å². The molecule has 1 aromatic carbocycles. The van der Waals surface area contributed by atoms with Gasteiger partial charge in [0.05, 0.1) is 11.3 Å². The highest BCUT2D eigenvalue weighted by Crippen LogP contribution is 2.41. The van der Waals surface area contributed by atoms with Crippen molar-refractivity contribution in [1.29, 1.82) is 0 Å². The number of carbonyl (C=O) groups is 2. The second kappa shape index (κ2) is 8.28. The van der Waals surface area contributed by atoms with E-state index in [1.165, 1.54) is 4.31 Å². The molecule has 1 N–H and O–H groups in total. The molecule has 29 heavy (non-hydrogen) atoms. The van der Waals surface area contributed by atoms with E-state index in [-0.39, 0.29) is 43.5 Å². The van der Waals surface area contributed by atoms with Crippen LogP contribution in [-0.2, 0) is 24.3 Å². The Morgan fingerprint density at radius 2 is 1.86 bits per heavy atom. The van der Waals surface area contributed by atoms with Crippen molar-refractivity contribution in [2.24, 2.45) is 0 Å². The van der Waals surface area contributed by atoms with Crippen molar-refractivity contribution in [1.82, 2.24) is 9.62 Å². The summed E-state index contributed by atoms with van der Waals surface area (Å²) < 4.78 is 31.3. The molecular formula is C21H28N2O5S. The van der Waals surface area contributed by atoms with Gasteiger partial charge < -0.3 is 10.1 Å². The summed E-state index contributed by atoms with van der Waals surface area (Å²) in [5.74, 6) is -0.674. The number of carbonyl (C=O) groups excluding carboxylic acids is 2. The summed E-state index contributed by atoms with van der Waals surface area (Å²) >= 11 is 0. The summed E-state index contributed by atoms with van der Waals surface area (Å²) in [6.45, 7) is 6.12. The zero-order chi connectivity index (χ0) is 21.2. The number of piperidine rings is 1. The first-order valence-corrected chi connectivity index (χ1v) is 11.6. The number of esters is 1. The fourth-order valence-corrected chi connectivity index (χ4v) is 5.12. The molecule has 0 radical (unpaired) electrons. The maximum absolute atomic E-state index is 13.0. The van der Waals surface area contributed by atoms with Gasteiger partial charge in [-0.3, -0.25) is 4.79 Å². The lowest BCUT2D eigenvalue weighted by Gasteiger charge is -2.38. The SMILES string of the molecule is CCS(=O)(=O)N1CCC2(CC1)OC(=O)C(C)=C2C(=O)NC[C@@H](C)c1ccccc1. The van der Waals surface area contributed by atoms with Crippen molar-refractivity contribution >= 4 is 21.9 Å². The highest BCUT2D eigenvalue weighted by Gasteiger charge is 2.51. The molecule has 2 aliphatic heterocycles. The molecule has 1 saturated heterocycles. The number of nitrogens with one attached hydrogen (secondary N) is 1. The van der Waals surface area contributed by atoms with Crippen LogP contribution in [0.25, 0.3) is 0 Å². The van der Waals surface area contributed by atoms with E-state index >= 15 is 0 Å². The van der Waals surface area contributed by atoms with E-state index in [4.69, 9.17) is 4.74 Å². The summed E-state index contributed by atoms with van der Waals surface area (Å²) in [7, 11) is -3.31. The summed E-state index contributed by atoms with van der Waals surface area (Å²) in [6.07, 6.45) is 0.568. The number of amides is 1. The lowest BCUT2D eigenvalue weighted by molar-refractivity contribution is -0.150. The first kappa shape index (κ1) is 21.5. The van der Waals surface area contributed by atoms with E-state index < -0.39 is 21.6 Å². The molecule has 1 atom stereocenters. The fourth-order valence-electron chi connectivity index (χ4n) is 4.02. The van der Waals surface area contributed by atoms with E-state index in [0.717, 1.165) is 5.56 Å². The Morgan fingerprint density at radius 1 is 1.24 bits per heavy atom. The number of hydrogen-bond donors (Lipinski definition) is 1. The van der Waals surface area contributed by atoms with Gasteiger partial charge in [0, 0.05) is 38.0 Å². The molecule has 2 aliphatic rings. The quantitative estimate of drug-likeness (QED) is 0.710. The Hall–Kier alpha value is -2.19. The zero-order valence-corrected chi connectivity index (χ0v) is 17.9. The van der Waals surface area contributed by atoms with Crippen molar-refractivity contribution in [3.63, 3.8) is 0 Å². The second-order valence-electron chi connectivity index (χ2n) is 7.71. The average Bonchev–Trinajstić information content (AvgIpc) is 2.96. The molecule has 7 nitrogen and oxygen atoms in total.